The molecular weight excluding hydrogens is 522 g/mol. The number of halogens is 1. The van der Waals surface area contributed by atoms with Crippen LogP contribution in [0.5, 0.6) is 0 Å². The Morgan fingerprint density at radius 2 is 1.57 bits per heavy atom. The minimum Gasteiger partial charge on any atom is -0.368 e. The SMILES string of the molecule is Cc1ccnc(N2CCN(c3ccc(NC(=O)C(=O)c4c(-c5ccccc5)cc5ccc(Cl)cn45)cc3)CC2)c1. The summed E-state index contributed by atoms with van der Waals surface area (Å²) >= 11 is 6.24. The minimum absolute atomic E-state index is 0.277. The van der Waals surface area contributed by atoms with Gasteiger partial charge >= 0.3 is 0 Å². The van der Waals surface area contributed by atoms with Crippen molar-refractivity contribution in [2.75, 3.05) is 41.3 Å². The smallest absolute Gasteiger partial charge is 0.298 e. The van der Waals surface area contributed by atoms with Gasteiger partial charge in [0.15, 0.2) is 0 Å². The van der Waals surface area contributed by atoms with Crippen LogP contribution < -0.4 is 15.1 Å². The zero-order chi connectivity index (χ0) is 27.6. The van der Waals surface area contributed by atoms with E-state index in [0.717, 1.165) is 48.8 Å². The second-order valence-corrected chi connectivity index (χ2v) is 10.3. The summed E-state index contributed by atoms with van der Waals surface area (Å²) in [7, 11) is 0. The normalized spacial score (nSPS) is 13.4. The molecule has 1 aliphatic rings. The van der Waals surface area contributed by atoms with Gasteiger partial charge in [-0.3, -0.25) is 9.59 Å². The summed E-state index contributed by atoms with van der Waals surface area (Å²) in [6.45, 7) is 5.57. The van der Waals surface area contributed by atoms with E-state index in [0.29, 0.717) is 16.3 Å². The van der Waals surface area contributed by atoms with Crippen molar-refractivity contribution in [1.29, 1.82) is 0 Å². The van der Waals surface area contributed by atoms with Crippen molar-refractivity contribution in [3.8, 4) is 11.1 Å². The fourth-order valence-corrected chi connectivity index (χ4v) is 5.31. The lowest BCUT2D eigenvalue weighted by Gasteiger charge is -2.36. The van der Waals surface area contributed by atoms with Crippen molar-refractivity contribution in [3.05, 3.63) is 114 Å². The number of anilines is 3. The van der Waals surface area contributed by atoms with Crippen LogP contribution in [-0.2, 0) is 4.79 Å². The number of aromatic nitrogens is 2. The van der Waals surface area contributed by atoms with E-state index in [1.807, 2.05) is 79.0 Å². The zero-order valence-electron chi connectivity index (χ0n) is 22.0. The Morgan fingerprint density at radius 3 is 2.30 bits per heavy atom. The van der Waals surface area contributed by atoms with Crippen molar-refractivity contribution >= 4 is 46.0 Å². The molecule has 0 saturated carbocycles. The molecule has 1 aliphatic heterocycles. The predicted molar refractivity (Wildman–Crippen MR) is 161 cm³/mol. The number of fused-ring (bicyclic) bond motifs is 1. The van der Waals surface area contributed by atoms with E-state index in [4.69, 9.17) is 11.6 Å². The number of rotatable bonds is 6. The monoisotopic (exact) mass is 549 g/mol. The van der Waals surface area contributed by atoms with Gasteiger partial charge in [0.2, 0.25) is 0 Å². The summed E-state index contributed by atoms with van der Waals surface area (Å²) in [4.78, 5) is 35.8. The van der Waals surface area contributed by atoms with Crippen LogP contribution in [0.1, 0.15) is 16.1 Å². The van der Waals surface area contributed by atoms with Crippen LogP contribution in [0, 0.1) is 6.92 Å². The molecule has 5 aromatic rings. The molecular formula is C32H28ClN5O2. The molecule has 0 atom stereocenters. The van der Waals surface area contributed by atoms with E-state index >= 15 is 0 Å². The third-order valence-electron chi connectivity index (χ3n) is 7.23. The fraction of sp³-hybridized carbons (Fsp3) is 0.156. The van der Waals surface area contributed by atoms with Crippen LogP contribution in [0.25, 0.3) is 16.6 Å². The Hall–Kier alpha value is -4.62. The lowest BCUT2D eigenvalue weighted by molar-refractivity contribution is -0.112. The third-order valence-corrected chi connectivity index (χ3v) is 7.46. The zero-order valence-corrected chi connectivity index (χ0v) is 22.8. The minimum atomic E-state index is -0.704. The number of hydrogen-bond donors (Lipinski definition) is 1. The van der Waals surface area contributed by atoms with Gasteiger partial charge in [0.25, 0.3) is 11.7 Å². The molecule has 200 valence electrons. The fourth-order valence-electron chi connectivity index (χ4n) is 5.15. The quantitative estimate of drug-likeness (QED) is 0.204. The number of piperazine rings is 1. The van der Waals surface area contributed by atoms with Gasteiger partial charge < -0.3 is 19.5 Å². The van der Waals surface area contributed by atoms with E-state index in [9.17, 15) is 9.59 Å². The molecule has 0 aliphatic carbocycles. The van der Waals surface area contributed by atoms with E-state index in [1.165, 1.54) is 5.56 Å². The van der Waals surface area contributed by atoms with Crippen LogP contribution in [-0.4, -0.2) is 47.3 Å². The highest BCUT2D eigenvalue weighted by molar-refractivity contribution is 6.47. The van der Waals surface area contributed by atoms with Crippen LogP contribution in [0.3, 0.4) is 0 Å². The van der Waals surface area contributed by atoms with Gasteiger partial charge in [0.05, 0.1) is 5.02 Å². The number of aryl methyl sites for hydroxylation is 1. The maximum Gasteiger partial charge on any atom is 0.298 e. The maximum absolute atomic E-state index is 13.5. The summed E-state index contributed by atoms with van der Waals surface area (Å²) in [6.07, 6.45) is 3.51. The molecule has 0 radical (unpaired) electrons. The number of amides is 1. The molecule has 6 rings (SSSR count). The number of carbonyl (C=O) groups is 2. The number of nitrogens with one attached hydrogen (secondary N) is 1. The Labute approximate surface area is 237 Å². The number of benzene rings is 2. The van der Waals surface area contributed by atoms with Gasteiger partial charge in [0.1, 0.15) is 11.5 Å². The van der Waals surface area contributed by atoms with Crippen molar-refractivity contribution in [3.63, 3.8) is 0 Å². The van der Waals surface area contributed by atoms with E-state index in [1.54, 1.807) is 16.7 Å². The highest BCUT2D eigenvalue weighted by atomic mass is 35.5. The van der Waals surface area contributed by atoms with Crippen LogP contribution in [0.4, 0.5) is 17.2 Å². The van der Waals surface area contributed by atoms with E-state index in [2.05, 4.69) is 33.1 Å². The molecule has 2 aromatic carbocycles. The summed E-state index contributed by atoms with van der Waals surface area (Å²) in [6, 6.07) is 26.8. The van der Waals surface area contributed by atoms with Gasteiger partial charge in [-0.25, -0.2) is 4.98 Å². The molecule has 1 amide bonds. The number of pyridine rings is 2. The Balaban J connectivity index is 1.16. The van der Waals surface area contributed by atoms with E-state index < -0.39 is 11.7 Å². The molecule has 0 unspecified atom stereocenters. The number of nitrogens with zero attached hydrogens (tertiary/aromatic N) is 4. The Kier molecular flexibility index (Phi) is 6.97. The molecule has 7 nitrogen and oxygen atoms in total. The maximum atomic E-state index is 13.5. The largest absolute Gasteiger partial charge is 0.368 e. The predicted octanol–water partition coefficient (Wildman–Crippen LogP) is 6.11. The highest BCUT2D eigenvalue weighted by Crippen LogP contribution is 2.30. The van der Waals surface area contributed by atoms with Crippen molar-refractivity contribution in [1.82, 2.24) is 9.38 Å². The average molecular weight is 550 g/mol. The van der Waals surface area contributed by atoms with Gasteiger partial charge in [-0.05, 0) is 72.6 Å². The highest BCUT2D eigenvalue weighted by Gasteiger charge is 2.25. The second kappa shape index (κ2) is 10.9. The van der Waals surface area contributed by atoms with Gasteiger partial charge in [-0.15, -0.1) is 0 Å². The van der Waals surface area contributed by atoms with Crippen molar-refractivity contribution < 1.29 is 9.59 Å². The lowest BCUT2D eigenvalue weighted by Crippen LogP contribution is -2.46. The molecule has 3 aromatic heterocycles. The summed E-state index contributed by atoms with van der Waals surface area (Å²) in [5.41, 5.74) is 5.42. The average Bonchev–Trinajstić information content (AvgIpc) is 3.36. The molecule has 1 saturated heterocycles. The van der Waals surface area contributed by atoms with Gasteiger partial charge in [0, 0.05) is 61.0 Å². The summed E-state index contributed by atoms with van der Waals surface area (Å²) in [5.74, 6) is -0.328. The van der Waals surface area contributed by atoms with Crippen LogP contribution in [0.2, 0.25) is 5.02 Å². The van der Waals surface area contributed by atoms with Gasteiger partial charge in [-0.1, -0.05) is 41.9 Å². The van der Waals surface area contributed by atoms with E-state index in [-0.39, 0.29) is 5.69 Å². The summed E-state index contributed by atoms with van der Waals surface area (Å²) < 4.78 is 1.68. The molecule has 0 spiro atoms. The lowest BCUT2D eigenvalue weighted by atomic mass is 10.0. The molecule has 1 fully saturated rings. The molecule has 8 heteroatoms. The van der Waals surface area contributed by atoms with Crippen LogP contribution in [0.15, 0.2) is 97.3 Å². The molecule has 1 N–H and O–H groups in total. The number of carbonyl (C=O) groups excluding carboxylic acids is 2. The van der Waals surface area contributed by atoms with Crippen molar-refractivity contribution in [2.45, 2.75) is 6.92 Å². The topological polar surface area (TPSA) is 70.0 Å². The molecule has 0 bridgehead atoms. The third kappa shape index (κ3) is 5.16. The second-order valence-electron chi connectivity index (χ2n) is 9.91. The standard InChI is InChI=1S/C32H28ClN5O2/c1-22-13-14-34-29(19-22)37-17-15-36(16-18-37)26-11-8-25(9-12-26)35-32(40)31(39)30-28(23-5-3-2-4-6-23)20-27-10-7-24(33)21-38(27)30/h2-14,19-21H,15-18H2,1H3,(H,35,40). The number of Topliss-reactive ketones (excluding diaryl/α,β-unsaturated/α-hetero) is 1. The van der Waals surface area contributed by atoms with Crippen molar-refractivity contribution in [2.24, 2.45) is 0 Å². The number of ketones is 1. The Morgan fingerprint density at radius 1 is 0.850 bits per heavy atom. The molecule has 4 heterocycles. The number of hydrogen-bond acceptors (Lipinski definition) is 5. The van der Waals surface area contributed by atoms with Crippen LogP contribution >= 0.6 is 11.6 Å². The van der Waals surface area contributed by atoms with Gasteiger partial charge in [-0.2, -0.15) is 0 Å². The summed E-state index contributed by atoms with van der Waals surface area (Å²) in [5, 5.41) is 3.26. The first-order valence-corrected chi connectivity index (χ1v) is 13.6. The first-order chi connectivity index (χ1) is 19.5. The Bertz CT molecular complexity index is 1690. The first-order valence-electron chi connectivity index (χ1n) is 13.2. The first kappa shape index (κ1) is 25.6. The molecule has 40 heavy (non-hydrogen) atoms.